The SMILES string of the molecule is CC(CNC(=O)[C@@H](N)C(C)C)COCc1ccccc1. The summed E-state index contributed by atoms with van der Waals surface area (Å²) in [7, 11) is 0. The van der Waals surface area contributed by atoms with Crippen molar-refractivity contribution in [3.8, 4) is 0 Å². The second-order valence-corrected chi connectivity index (χ2v) is 5.62. The third kappa shape index (κ3) is 6.17. The van der Waals surface area contributed by atoms with Crippen LogP contribution in [0.4, 0.5) is 0 Å². The Morgan fingerprint density at radius 2 is 1.90 bits per heavy atom. The van der Waals surface area contributed by atoms with Crippen LogP contribution in [0.5, 0.6) is 0 Å². The molecule has 0 heterocycles. The number of ether oxygens (including phenoxy) is 1. The summed E-state index contributed by atoms with van der Waals surface area (Å²) < 4.78 is 5.64. The third-order valence-electron chi connectivity index (χ3n) is 3.16. The smallest absolute Gasteiger partial charge is 0.237 e. The molecule has 1 aromatic rings. The molecule has 0 spiro atoms. The fraction of sp³-hybridized carbons (Fsp3) is 0.562. The van der Waals surface area contributed by atoms with Crippen LogP contribution >= 0.6 is 0 Å². The van der Waals surface area contributed by atoms with Gasteiger partial charge in [-0.3, -0.25) is 4.79 Å². The minimum absolute atomic E-state index is 0.0880. The highest BCUT2D eigenvalue weighted by Crippen LogP contribution is 2.03. The number of carbonyl (C=O) groups is 1. The van der Waals surface area contributed by atoms with Gasteiger partial charge in [0.25, 0.3) is 0 Å². The van der Waals surface area contributed by atoms with Gasteiger partial charge < -0.3 is 15.8 Å². The zero-order chi connectivity index (χ0) is 15.0. The van der Waals surface area contributed by atoms with Crippen LogP contribution in [0.1, 0.15) is 26.3 Å². The van der Waals surface area contributed by atoms with Gasteiger partial charge in [0.2, 0.25) is 5.91 Å². The number of amides is 1. The van der Waals surface area contributed by atoms with Crippen molar-refractivity contribution in [2.24, 2.45) is 17.6 Å². The Bertz CT molecular complexity index is 393. The van der Waals surface area contributed by atoms with Crippen molar-refractivity contribution in [3.05, 3.63) is 35.9 Å². The molecular weight excluding hydrogens is 252 g/mol. The lowest BCUT2D eigenvalue weighted by molar-refractivity contribution is -0.123. The van der Waals surface area contributed by atoms with Gasteiger partial charge in [-0.2, -0.15) is 0 Å². The second-order valence-electron chi connectivity index (χ2n) is 5.62. The molecule has 112 valence electrons. The predicted octanol–water partition coefficient (Wildman–Crippen LogP) is 1.94. The highest BCUT2D eigenvalue weighted by atomic mass is 16.5. The van der Waals surface area contributed by atoms with E-state index in [-0.39, 0.29) is 17.7 Å². The zero-order valence-corrected chi connectivity index (χ0v) is 12.6. The standard InChI is InChI=1S/C16H26N2O2/c1-12(2)15(17)16(19)18-9-13(3)10-20-11-14-7-5-4-6-8-14/h4-8,12-13,15H,9-11,17H2,1-3H3,(H,18,19)/t13?,15-/m0/s1. The maximum absolute atomic E-state index is 11.7. The summed E-state index contributed by atoms with van der Waals surface area (Å²) in [4.78, 5) is 11.7. The van der Waals surface area contributed by atoms with E-state index >= 15 is 0 Å². The molecule has 0 saturated carbocycles. The van der Waals surface area contributed by atoms with Crippen molar-refractivity contribution in [1.82, 2.24) is 5.32 Å². The van der Waals surface area contributed by atoms with Gasteiger partial charge >= 0.3 is 0 Å². The van der Waals surface area contributed by atoms with Gasteiger partial charge in [0.05, 0.1) is 19.3 Å². The Morgan fingerprint density at radius 1 is 1.25 bits per heavy atom. The zero-order valence-electron chi connectivity index (χ0n) is 12.6. The lowest BCUT2D eigenvalue weighted by Crippen LogP contribution is -2.45. The summed E-state index contributed by atoms with van der Waals surface area (Å²) in [5.74, 6) is 0.330. The second kappa shape index (κ2) is 8.72. The maximum Gasteiger partial charge on any atom is 0.237 e. The Kier molecular flexibility index (Phi) is 7.26. The first-order chi connectivity index (χ1) is 9.50. The first kappa shape index (κ1) is 16.7. The van der Waals surface area contributed by atoms with Crippen LogP contribution in [0.2, 0.25) is 0 Å². The molecule has 4 nitrogen and oxygen atoms in total. The van der Waals surface area contributed by atoms with E-state index in [0.29, 0.717) is 19.8 Å². The van der Waals surface area contributed by atoms with Crippen molar-refractivity contribution in [2.75, 3.05) is 13.2 Å². The van der Waals surface area contributed by atoms with Gasteiger partial charge in [-0.25, -0.2) is 0 Å². The monoisotopic (exact) mass is 278 g/mol. The Morgan fingerprint density at radius 3 is 2.50 bits per heavy atom. The van der Waals surface area contributed by atoms with Crippen LogP contribution in [-0.2, 0) is 16.1 Å². The van der Waals surface area contributed by atoms with Crippen molar-refractivity contribution < 1.29 is 9.53 Å². The maximum atomic E-state index is 11.7. The Labute approximate surface area is 121 Å². The van der Waals surface area contributed by atoms with E-state index in [1.165, 1.54) is 0 Å². The molecule has 1 amide bonds. The number of carbonyl (C=O) groups excluding carboxylic acids is 1. The molecule has 0 radical (unpaired) electrons. The number of nitrogens with two attached hydrogens (primary N) is 1. The number of nitrogens with one attached hydrogen (secondary N) is 1. The molecule has 0 saturated heterocycles. The topological polar surface area (TPSA) is 64.4 Å². The first-order valence-electron chi connectivity index (χ1n) is 7.15. The fourth-order valence-electron chi connectivity index (χ4n) is 1.71. The quantitative estimate of drug-likeness (QED) is 0.764. The summed E-state index contributed by atoms with van der Waals surface area (Å²) in [6.45, 7) is 7.74. The van der Waals surface area contributed by atoms with Gasteiger partial charge in [0.15, 0.2) is 0 Å². The summed E-state index contributed by atoms with van der Waals surface area (Å²) in [5.41, 5.74) is 6.94. The fourth-order valence-corrected chi connectivity index (χ4v) is 1.71. The van der Waals surface area contributed by atoms with E-state index in [4.69, 9.17) is 10.5 Å². The molecule has 0 bridgehead atoms. The number of hydrogen-bond donors (Lipinski definition) is 2. The molecular formula is C16H26N2O2. The van der Waals surface area contributed by atoms with E-state index in [9.17, 15) is 4.79 Å². The summed E-state index contributed by atoms with van der Waals surface area (Å²) >= 11 is 0. The van der Waals surface area contributed by atoms with E-state index in [1.807, 2.05) is 51.1 Å². The highest BCUT2D eigenvalue weighted by Gasteiger charge is 2.17. The molecule has 1 unspecified atom stereocenters. The van der Waals surface area contributed by atoms with E-state index < -0.39 is 6.04 Å². The molecule has 20 heavy (non-hydrogen) atoms. The lowest BCUT2D eigenvalue weighted by Gasteiger charge is -2.18. The Hall–Kier alpha value is -1.39. The van der Waals surface area contributed by atoms with Gasteiger partial charge in [0.1, 0.15) is 0 Å². The number of benzene rings is 1. The molecule has 1 rings (SSSR count). The lowest BCUT2D eigenvalue weighted by atomic mass is 10.0. The van der Waals surface area contributed by atoms with Crippen LogP contribution in [-0.4, -0.2) is 25.1 Å². The minimum Gasteiger partial charge on any atom is -0.376 e. The van der Waals surface area contributed by atoms with Crippen molar-refractivity contribution in [1.29, 1.82) is 0 Å². The molecule has 3 N–H and O–H groups in total. The van der Waals surface area contributed by atoms with Crippen LogP contribution in [0.15, 0.2) is 30.3 Å². The molecule has 0 aliphatic rings. The van der Waals surface area contributed by atoms with Crippen molar-refractivity contribution >= 4 is 5.91 Å². The predicted molar refractivity (Wildman–Crippen MR) is 81.1 cm³/mol. The van der Waals surface area contributed by atoms with Crippen LogP contribution < -0.4 is 11.1 Å². The van der Waals surface area contributed by atoms with Gasteiger partial charge in [-0.05, 0) is 17.4 Å². The van der Waals surface area contributed by atoms with Crippen LogP contribution in [0.3, 0.4) is 0 Å². The molecule has 0 aromatic heterocycles. The molecule has 1 aromatic carbocycles. The van der Waals surface area contributed by atoms with E-state index in [2.05, 4.69) is 5.32 Å². The van der Waals surface area contributed by atoms with Gasteiger partial charge in [-0.1, -0.05) is 51.1 Å². The van der Waals surface area contributed by atoms with E-state index in [0.717, 1.165) is 5.56 Å². The molecule has 0 aliphatic carbocycles. The van der Waals surface area contributed by atoms with Crippen molar-refractivity contribution in [3.63, 3.8) is 0 Å². The highest BCUT2D eigenvalue weighted by molar-refractivity contribution is 5.81. The number of hydrogen-bond acceptors (Lipinski definition) is 3. The van der Waals surface area contributed by atoms with Crippen molar-refractivity contribution in [2.45, 2.75) is 33.4 Å². The third-order valence-corrected chi connectivity index (χ3v) is 3.16. The first-order valence-corrected chi connectivity index (χ1v) is 7.15. The summed E-state index contributed by atoms with van der Waals surface area (Å²) in [6.07, 6.45) is 0. The Balaban J connectivity index is 2.17. The molecule has 0 fully saturated rings. The van der Waals surface area contributed by atoms with E-state index in [1.54, 1.807) is 0 Å². The minimum atomic E-state index is -0.438. The largest absolute Gasteiger partial charge is 0.376 e. The normalized spacial score (nSPS) is 14.1. The number of rotatable bonds is 8. The summed E-state index contributed by atoms with van der Waals surface area (Å²) in [6, 6.07) is 9.61. The molecule has 4 heteroatoms. The average Bonchev–Trinajstić information content (AvgIpc) is 2.45. The van der Waals surface area contributed by atoms with Crippen LogP contribution in [0, 0.1) is 11.8 Å². The van der Waals surface area contributed by atoms with Gasteiger partial charge in [-0.15, -0.1) is 0 Å². The molecule has 0 aliphatic heterocycles. The average molecular weight is 278 g/mol. The molecule has 2 atom stereocenters. The van der Waals surface area contributed by atoms with Crippen LogP contribution in [0.25, 0.3) is 0 Å². The summed E-state index contributed by atoms with van der Waals surface area (Å²) in [5, 5.41) is 2.87. The van der Waals surface area contributed by atoms with Gasteiger partial charge in [0, 0.05) is 6.54 Å².